The number of likely N-dealkylation sites (N-methyl/N-ethyl adjacent to an activating group) is 1. The third kappa shape index (κ3) is 1.98. The van der Waals surface area contributed by atoms with Gasteiger partial charge in [0.15, 0.2) is 0 Å². The number of para-hydroxylation sites is 1. The standard InChI is InChI=1S/C24H30N2O5/c1-5-16-13-26-11-10-23-17-8-6-7-9-19(17)25(3)24(23,26)20(31-15(2)28)12-18(16)22(23,14-27)21(29)30-4/h5-9,18,20,27H,10-14H2,1-4H3/b16-5-. The van der Waals surface area contributed by atoms with Crippen LogP contribution in [0.3, 0.4) is 0 Å². The summed E-state index contributed by atoms with van der Waals surface area (Å²) in [6, 6.07) is 8.09. The smallest absolute Gasteiger partial charge is 0.315 e. The molecule has 0 radical (unpaired) electrons. The van der Waals surface area contributed by atoms with Crippen molar-refractivity contribution >= 4 is 17.6 Å². The van der Waals surface area contributed by atoms with Crippen LogP contribution in [-0.4, -0.2) is 67.6 Å². The number of benzene rings is 1. The summed E-state index contributed by atoms with van der Waals surface area (Å²) in [4.78, 5) is 30.6. The zero-order chi connectivity index (χ0) is 22.2. The first-order chi connectivity index (χ1) is 14.9. The van der Waals surface area contributed by atoms with Gasteiger partial charge in [-0.15, -0.1) is 0 Å². The van der Waals surface area contributed by atoms with Crippen LogP contribution in [0.4, 0.5) is 5.69 Å². The Hall–Kier alpha value is -2.38. The molecule has 1 aromatic rings. The zero-order valence-electron chi connectivity index (χ0n) is 18.6. The lowest BCUT2D eigenvalue weighted by atomic mass is 9.45. The summed E-state index contributed by atoms with van der Waals surface area (Å²) < 4.78 is 11.5. The fourth-order valence-corrected chi connectivity index (χ4v) is 7.86. The van der Waals surface area contributed by atoms with Crippen LogP contribution in [0.1, 0.15) is 32.3 Å². The number of aliphatic hydroxyl groups excluding tert-OH is 1. The monoisotopic (exact) mass is 426 g/mol. The van der Waals surface area contributed by atoms with Gasteiger partial charge in [-0.05, 0) is 31.4 Å². The van der Waals surface area contributed by atoms with Gasteiger partial charge in [-0.1, -0.05) is 29.8 Å². The van der Waals surface area contributed by atoms with E-state index in [-0.39, 0.29) is 24.5 Å². The van der Waals surface area contributed by atoms with Crippen molar-refractivity contribution in [3.8, 4) is 0 Å². The largest absolute Gasteiger partial charge is 0.468 e. The molecule has 3 saturated heterocycles. The average Bonchev–Trinajstić information content (AvgIpc) is 3.15. The van der Waals surface area contributed by atoms with Gasteiger partial charge < -0.3 is 19.5 Å². The fourth-order valence-electron chi connectivity index (χ4n) is 7.86. The van der Waals surface area contributed by atoms with E-state index in [1.165, 1.54) is 14.0 Å². The second-order valence-corrected chi connectivity index (χ2v) is 9.25. The average molecular weight is 427 g/mol. The van der Waals surface area contributed by atoms with E-state index in [1.54, 1.807) is 0 Å². The fraction of sp³-hybridized carbons (Fsp3) is 0.583. The first kappa shape index (κ1) is 20.5. The van der Waals surface area contributed by atoms with E-state index in [1.807, 2.05) is 26.1 Å². The van der Waals surface area contributed by atoms with E-state index in [0.717, 1.165) is 23.4 Å². The van der Waals surface area contributed by atoms with Gasteiger partial charge in [-0.3, -0.25) is 14.5 Å². The molecule has 4 bridgehead atoms. The first-order valence-corrected chi connectivity index (χ1v) is 11.0. The highest BCUT2D eigenvalue weighted by atomic mass is 16.5. The highest BCUT2D eigenvalue weighted by molar-refractivity contribution is 5.86. The van der Waals surface area contributed by atoms with Crippen LogP contribution < -0.4 is 4.90 Å². The lowest BCUT2D eigenvalue weighted by molar-refractivity contribution is -0.195. The number of fused-ring (bicyclic) bond motifs is 3. The van der Waals surface area contributed by atoms with Crippen molar-refractivity contribution < 1.29 is 24.2 Å². The highest BCUT2D eigenvalue weighted by Crippen LogP contribution is 2.74. The van der Waals surface area contributed by atoms with E-state index >= 15 is 0 Å². The number of nitrogens with zero attached hydrogens (tertiary/aromatic N) is 2. The molecule has 1 spiro atoms. The maximum Gasteiger partial charge on any atom is 0.315 e. The molecule has 0 amide bonds. The Morgan fingerprint density at radius 3 is 2.71 bits per heavy atom. The molecular weight excluding hydrogens is 396 g/mol. The third-order valence-corrected chi connectivity index (χ3v) is 8.66. The van der Waals surface area contributed by atoms with Crippen LogP contribution in [0, 0.1) is 11.3 Å². The van der Waals surface area contributed by atoms with Crippen molar-refractivity contribution in [2.75, 3.05) is 38.8 Å². The Labute approximate surface area is 182 Å². The maximum atomic E-state index is 13.7. The van der Waals surface area contributed by atoms with Crippen LogP contribution in [0.5, 0.6) is 0 Å². The van der Waals surface area contributed by atoms with E-state index in [4.69, 9.17) is 9.47 Å². The number of aliphatic hydroxyl groups is 1. The van der Waals surface area contributed by atoms with E-state index in [9.17, 15) is 14.7 Å². The van der Waals surface area contributed by atoms with E-state index in [2.05, 4.69) is 28.0 Å². The number of ether oxygens (including phenoxy) is 2. The van der Waals surface area contributed by atoms with Gasteiger partial charge in [-0.25, -0.2) is 0 Å². The quantitative estimate of drug-likeness (QED) is 0.584. The second-order valence-electron chi connectivity index (χ2n) is 9.25. The van der Waals surface area contributed by atoms with Gasteiger partial charge in [0.25, 0.3) is 0 Å². The van der Waals surface area contributed by atoms with Crippen molar-refractivity contribution in [1.29, 1.82) is 0 Å². The topological polar surface area (TPSA) is 79.3 Å². The van der Waals surface area contributed by atoms with Crippen LogP contribution in [0.25, 0.3) is 0 Å². The SMILES string of the molecule is C/C=C1/CN2CCC34c5ccccc5N(C)C23C(OC(C)=O)CC1C4(CO)C(=O)OC. The molecule has 7 heteroatoms. The van der Waals surface area contributed by atoms with Gasteiger partial charge in [0.2, 0.25) is 0 Å². The number of hydrogen-bond donors (Lipinski definition) is 1. The number of anilines is 1. The molecule has 0 aromatic heterocycles. The molecular formula is C24H30N2O5. The third-order valence-electron chi connectivity index (χ3n) is 8.66. The normalized spacial score (nSPS) is 41.0. The predicted molar refractivity (Wildman–Crippen MR) is 114 cm³/mol. The van der Waals surface area contributed by atoms with Crippen molar-refractivity contribution in [1.82, 2.24) is 4.90 Å². The maximum absolute atomic E-state index is 13.7. The molecule has 1 N–H and O–H groups in total. The summed E-state index contributed by atoms with van der Waals surface area (Å²) in [5.74, 6) is -1.02. The highest BCUT2D eigenvalue weighted by Gasteiger charge is 2.84. The number of carbonyl (C=O) groups excluding carboxylic acids is 2. The van der Waals surface area contributed by atoms with Crippen LogP contribution in [0.15, 0.2) is 35.9 Å². The Balaban J connectivity index is 1.94. The Morgan fingerprint density at radius 2 is 2.06 bits per heavy atom. The Morgan fingerprint density at radius 1 is 1.32 bits per heavy atom. The van der Waals surface area contributed by atoms with Crippen molar-refractivity contribution in [3.63, 3.8) is 0 Å². The van der Waals surface area contributed by atoms with Gasteiger partial charge in [0.05, 0.1) is 19.1 Å². The minimum atomic E-state index is -1.17. The van der Waals surface area contributed by atoms with Gasteiger partial charge in [0, 0.05) is 38.7 Å². The summed E-state index contributed by atoms with van der Waals surface area (Å²) in [5, 5.41) is 11.1. The molecule has 5 aliphatic rings. The molecule has 1 saturated carbocycles. The number of rotatable bonds is 3. The van der Waals surface area contributed by atoms with Gasteiger partial charge in [0.1, 0.15) is 17.2 Å². The minimum Gasteiger partial charge on any atom is -0.468 e. The second kappa shape index (κ2) is 6.56. The predicted octanol–water partition coefficient (Wildman–Crippen LogP) is 1.84. The molecule has 4 heterocycles. The van der Waals surface area contributed by atoms with Crippen LogP contribution in [0.2, 0.25) is 0 Å². The summed E-state index contributed by atoms with van der Waals surface area (Å²) >= 11 is 0. The molecule has 4 aliphatic heterocycles. The first-order valence-electron chi connectivity index (χ1n) is 11.0. The summed E-state index contributed by atoms with van der Waals surface area (Å²) in [6.07, 6.45) is 2.75. The molecule has 6 atom stereocenters. The number of allylic oxidation sites excluding steroid dienone is 1. The summed E-state index contributed by atoms with van der Waals surface area (Å²) in [6.45, 7) is 4.49. The number of carbonyl (C=O) groups is 2. The molecule has 1 aromatic carbocycles. The molecule has 31 heavy (non-hydrogen) atoms. The lowest BCUT2D eigenvalue weighted by Crippen LogP contribution is -2.77. The van der Waals surface area contributed by atoms with Gasteiger partial charge in [-0.2, -0.15) is 0 Å². The molecule has 1 aliphatic carbocycles. The van der Waals surface area contributed by atoms with Crippen LogP contribution in [-0.2, 0) is 24.5 Å². The number of methoxy groups -OCH3 is 1. The van der Waals surface area contributed by atoms with Crippen LogP contribution >= 0.6 is 0 Å². The number of hydrogen-bond acceptors (Lipinski definition) is 7. The minimum absolute atomic E-state index is 0.294. The number of esters is 2. The van der Waals surface area contributed by atoms with Gasteiger partial charge >= 0.3 is 11.9 Å². The summed E-state index contributed by atoms with van der Waals surface area (Å²) in [7, 11) is 3.42. The van der Waals surface area contributed by atoms with E-state index < -0.39 is 22.6 Å². The van der Waals surface area contributed by atoms with Crippen molar-refractivity contribution in [3.05, 3.63) is 41.5 Å². The summed E-state index contributed by atoms with van der Waals surface area (Å²) in [5.41, 5.74) is 0.399. The zero-order valence-corrected chi connectivity index (χ0v) is 18.6. The molecule has 6 rings (SSSR count). The Kier molecular flexibility index (Phi) is 4.34. The lowest BCUT2D eigenvalue weighted by Gasteiger charge is -2.61. The van der Waals surface area contributed by atoms with E-state index in [0.29, 0.717) is 19.4 Å². The molecule has 4 fully saturated rings. The molecule has 6 unspecified atom stereocenters. The Bertz CT molecular complexity index is 992. The van der Waals surface area contributed by atoms with Crippen molar-refractivity contribution in [2.24, 2.45) is 11.3 Å². The molecule has 7 nitrogen and oxygen atoms in total. The molecule has 166 valence electrons. The van der Waals surface area contributed by atoms with Crippen molar-refractivity contribution in [2.45, 2.75) is 43.9 Å².